The van der Waals surface area contributed by atoms with Crippen molar-refractivity contribution >= 4 is 21.8 Å². The Morgan fingerprint density at radius 3 is 2.60 bits per heavy atom. The molecule has 3 heteroatoms. The van der Waals surface area contributed by atoms with Gasteiger partial charge in [0.25, 0.3) is 0 Å². The number of fused-ring (bicyclic) bond motifs is 3. The van der Waals surface area contributed by atoms with Crippen molar-refractivity contribution in [2.24, 2.45) is 0 Å². The summed E-state index contributed by atoms with van der Waals surface area (Å²) >= 11 is 0. The fourth-order valence-electron chi connectivity index (χ4n) is 2.67. The monoisotopic (exact) mass is 268 g/mol. The number of H-pyrrole nitrogens is 1. The number of rotatable bonds is 4. The fraction of sp³-hybridized carbons (Fsp3) is 0.294. The Hall–Kier alpha value is -1.84. The number of nitrogens with one attached hydrogen (secondary N) is 2. The Kier molecular flexibility index (Phi) is 3.47. The summed E-state index contributed by atoms with van der Waals surface area (Å²) in [5.74, 6) is 0. The lowest BCUT2D eigenvalue weighted by molar-refractivity contribution is 0.173. The van der Waals surface area contributed by atoms with Crippen molar-refractivity contribution in [3.8, 4) is 0 Å². The molecule has 20 heavy (non-hydrogen) atoms. The van der Waals surface area contributed by atoms with E-state index in [2.05, 4.69) is 42.3 Å². The van der Waals surface area contributed by atoms with Crippen LogP contribution in [0.4, 0.5) is 0 Å². The van der Waals surface area contributed by atoms with Crippen LogP contribution in [0.15, 0.2) is 42.5 Å². The third-order valence-electron chi connectivity index (χ3n) is 3.64. The van der Waals surface area contributed by atoms with Crippen LogP contribution in [0.5, 0.6) is 0 Å². The van der Waals surface area contributed by atoms with Gasteiger partial charge in [-0.15, -0.1) is 0 Å². The minimum absolute atomic E-state index is 0.367. The molecule has 0 unspecified atom stereocenters. The average molecular weight is 268 g/mol. The summed E-state index contributed by atoms with van der Waals surface area (Å²) in [7, 11) is 0. The van der Waals surface area contributed by atoms with E-state index in [9.17, 15) is 5.11 Å². The van der Waals surface area contributed by atoms with Crippen molar-refractivity contribution in [2.75, 3.05) is 6.54 Å². The second-order valence-corrected chi connectivity index (χ2v) is 5.52. The molecule has 0 fully saturated rings. The van der Waals surface area contributed by atoms with Crippen LogP contribution in [0, 0.1) is 0 Å². The third kappa shape index (κ3) is 2.30. The molecule has 0 bridgehead atoms. The number of para-hydroxylation sites is 1. The largest absolute Gasteiger partial charge is 0.387 e. The lowest BCUT2D eigenvalue weighted by Gasteiger charge is -2.15. The molecule has 0 aliphatic heterocycles. The molecule has 0 aliphatic carbocycles. The van der Waals surface area contributed by atoms with E-state index in [1.807, 2.05) is 24.3 Å². The number of benzene rings is 2. The highest BCUT2D eigenvalue weighted by Gasteiger charge is 2.14. The molecular weight excluding hydrogens is 248 g/mol. The van der Waals surface area contributed by atoms with E-state index in [1.54, 1.807) is 0 Å². The van der Waals surface area contributed by atoms with Crippen LogP contribution in [-0.2, 0) is 0 Å². The Morgan fingerprint density at radius 2 is 1.80 bits per heavy atom. The van der Waals surface area contributed by atoms with E-state index in [-0.39, 0.29) is 0 Å². The first-order chi connectivity index (χ1) is 9.66. The smallest absolute Gasteiger partial charge is 0.0921 e. The van der Waals surface area contributed by atoms with Gasteiger partial charge in [-0.25, -0.2) is 0 Å². The highest BCUT2D eigenvalue weighted by atomic mass is 16.3. The highest BCUT2D eigenvalue weighted by Crippen LogP contribution is 2.31. The minimum Gasteiger partial charge on any atom is -0.387 e. The Morgan fingerprint density at radius 1 is 1.05 bits per heavy atom. The molecule has 3 aromatic rings. The molecule has 1 atom stereocenters. The second kappa shape index (κ2) is 5.27. The van der Waals surface area contributed by atoms with Gasteiger partial charge in [-0.1, -0.05) is 44.2 Å². The van der Waals surface area contributed by atoms with Crippen molar-refractivity contribution in [3.05, 3.63) is 48.0 Å². The molecular formula is C17H20N2O. The van der Waals surface area contributed by atoms with Gasteiger partial charge in [-0.2, -0.15) is 0 Å². The highest BCUT2D eigenvalue weighted by molar-refractivity contribution is 6.09. The Balaban J connectivity index is 2.10. The van der Waals surface area contributed by atoms with Crippen LogP contribution < -0.4 is 5.32 Å². The fourth-order valence-corrected chi connectivity index (χ4v) is 2.67. The van der Waals surface area contributed by atoms with Crippen LogP contribution >= 0.6 is 0 Å². The van der Waals surface area contributed by atoms with Crippen molar-refractivity contribution in [2.45, 2.75) is 26.0 Å². The lowest BCUT2D eigenvalue weighted by atomic mass is 10.0. The van der Waals surface area contributed by atoms with Gasteiger partial charge in [0.1, 0.15) is 0 Å². The van der Waals surface area contributed by atoms with E-state index in [4.69, 9.17) is 0 Å². The number of aliphatic hydroxyl groups is 1. The topological polar surface area (TPSA) is 48.0 Å². The van der Waals surface area contributed by atoms with Crippen LogP contribution in [-0.4, -0.2) is 22.7 Å². The van der Waals surface area contributed by atoms with Crippen LogP contribution in [0.2, 0.25) is 0 Å². The minimum atomic E-state index is -0.500. The average Bonchev–Trinajstić information content (AvgIpc) is 2.83. The molecule has 1 aromatic heterocycles. The molecule has 0 saturated heterocycles. The molecule has 0 spiro atoms. The van der Waals surface area contributed by atoms with Gasteiger partial charge in [0.15, 0.2) is 0 Å². The van der Waals surface area contributed by atoms with Crippen molar-refractivity contribution in [1.82, 2.24) is 10.3 Å². The van der Waals surface area contributed by atoms with Crippen molar-refractivity contribution < 1.29 is 5.11 Å². The predicted octanol–water partition coefficient (Wildman–Crippen LogP) is 3.35. The summed E-state index contributed by atoms with van der Waals surface area (Å²) in [6, 6.07) is 14.6. The zero-order chi connectivity index (χ0) is 14.1. The van der Waals surface area contributed by atoms with Gasteiger partial charge in [0.05, 0.1) is 6.10 Å². The van der Waals surface area contributed by atoms with Gasteiger partial charge in [-0.05, 0) is 17.7 Å². The van der Waals surface area contributed by atoms with E-state index in [0.717, 1.165) is 22.0 Å². The molecule has 3 nitrogen and oxygen atoms in total. The van der Waals surface area contributed by atoms with E-state index < -0.39 is 6.10 Å². The zero-order valence-electron chi connectivity index (χ0n) is 11.9. The predicted molar refractivity (Wildman–Crippen MR) is 83.9 cm³/mol. The van der Waals surface area contributed by atoms with Gasteiger partial charge in [-0.3, -0.25) is 0 Å². The SMILES string of the molecule is CC(C)NC[C@H](O)c1cccc2[nH]c3ccccc3c12. The van der Waals surface area contributed by atoms with Crippen LogP contribution in [0.1, 0.15) is 25.5 Å². The number of hydrogen-bond acceptors (Lipinski definition) is 2. The van der Waals surface area contributed by atoms with E-state index in [1.165, 1.54) is 5.39 Å². The molecule has 1 heterocycles. The summed E-state index contributed by atoms with van der Waals surface area (Å²) in [5, 5.41) is 16.1. The summed E-state index contributed by atoms with van der Waals surface area (Å²) < 4.78 is 0. The molecule has 2 aromatic carbocycles. The number of aromatic amines is 1. The Bertz CT molecular complexity index is 730. The summed E-state index contributed by atoms with van der Waals surface area (Å²) in [5.41, 5.74) is 3.17. The molecule has 104 valence electrons. The van der Waals surface area contributed by atoms with E-state index >= 15 is 0 Å². The second-order valence-electron chi connectivity index (χ2n) is 5.52. The maximum Gasteiger partial charge on any atom is 0.0921 e. The van der Waals surface area contributed by atoms with Gasteiger partial charge >= 0.3 is 0 Å². The standard InChI is InChI=1S/C17H20N2O/c1-11(2)18-10-16(20)13-7-5-9-15-17(13)12-6-3-4-8-14(12)19-15/h3-9,11,16,18-20H,10H2,1-2H3/t16-/m0/s1. The van der Waals surface area contributed by atoms with Crippen LogP contribution in [0.3, 0.4) is 0 Å². The molecule has 3 N–H and O–H groups in total. The first kappa shape index (κ1) is 13.2. The lowest BCUT2D eigenvalue weighted by Crippen LogP contribution is -2.27. The molecule has 0 aliphatic rings. The normalized spacial score (nSPS) is 13.4. The number of aromatic nitrogens is 1. The number of aliphatic hydroxyl groups excluding tert-OH is 1. The first-order valence-corrected chi connectivity index (χ1v) is 7.07. The molecule has 0 amide bonds. The molecule has 0 saturated carbocycles. The third-order valence-corrected chi connectivity index (χ3v) is 3.64. The maximum atomic E-state index is 10.5. The first-order valence-electron chi connectivity index (χ1n) is 7.07. The van der Waals surface area contributed by atoms with Crippen LogP contribution in [0.25, 0.3) is 21.8 Å². The maximum absolute atomic E-state index is 10.5. The molecule has 3 rings (SSSR count). The van der Waals surface area contributed by atoms with Crippen molar-refractivity contribution in [1.29, 1.82) is 0 Å². The summed E-state index contributed by atoms with van der Waals surface area (Å²) in [6.45, 7) is 4.73. The summed E-state index contributed by atoms with van der Waals surface area (Å²) in [6.07, 6.45) is -0.500. The molecule has 0 radical (unpaired) electrons. The van der Waals surface area contributed by atoms with Gasteiger partial charge in [0.2, 0.25) is 0 Å². The van der Waals surface area contributed by atoms with Gasteiger partial charge < -0.3 is 15.4 Å². The zero-order valence-corrected chi connectivity index (χ0v) is 11.9. The Labute approximate surface area is 118 Å². The number of hydrogen-bond donors (Lipinski definition) is 3. The summed E-state index contributed by atoms with van der Waals surface area (Å²) in [4.78, 5) is 3.41. The quantitative estimate of drug-likeness (QED) is 0.679. The van der Waals surface area contributed by atoms with Crippen molar-refractivity contribution in [3.63, 3.8) is 0 Å². The van der Waals surface area contributed by atoms with E-state index in [0.29, 0.717) is 12.6 Å². The van der Waals surface area contributed by atoms with Gasteiger partial charge in [0, 0.05) is 34.4 Å².